The third-order valence-electron chi connectivity index (χ3n) is 5.65. The van der Waals surface area contributed by atoms with Gasteiger partial charge >= 0.3 is 5.97 Å². The molecule has 144 valence electrons. The monoisotopic (exact) mass is 369 g/mol. The van der Waals surface area contributed by atoms with Crippen LogP contribution in [0.25, 0.3) is 0 Å². The zero-order valence-corrected chi connectivity index (χ0v) is 16.2. The van der Waals surface area contributed by atoms with Gasteiger partial charge in [-0.2, -0.15) is 5.10 Å². The highest BCUT2D eigenvalue weighted by Gasteiger charge is 2.25. The highest BCUT2D eigenvalue weighted by atomic mass is 16.4. The van der Waals surface area contributed by atoms with E-state index < -0.39 is 5.97 Å². The second-order valence-electron chi connectivity index (χ2n) is 7.38. The quantitative estimate of drug-likeness (QED) is 0.879. The summed E-state index contributed by atoms with van der Waals surface area (Å²) in [7, 11) is 1.93. The second-order valence-corrected chi connectivity index (χ2v) is 7.38. The van der Waals surface area contributed by atoms with Crippen molar-refractivity contribution in [2.75, 3.05) is 13.1 Å². The van der Waals surface area contributed by atoms with Crippen LogP contribution in [0, 0.1) is 13.8 Å². The molecule has 0 aliphatic carbocycles. The summed E-state index contributed by atoms with van der Waals surface area (Å²) in [6.45, 7) is 5.53. The van der Waals surface area contributed by atoms with Crippen LogP contribution in [0.3, 0.4) is 0 Å². The molecular formula is C21H27N3O3. The molecule has 1 atom stereocenters. The van der Waals surface area contributed by atoms with Crippen molar-refractivity contribution >= 4 is 11.9 Å². The van der Waals surface area contributed by atoms with Gasteiger partial charge in [-0.1, -0.05) is 12.1 Å². The fourth-order valence-corrected chi connectivity index (χ4v) is 3.94. The van der Waals surface area contributed by atoms with Gasteiger partial charge in [-0.25, -0.2) is 4.79 Å². The first-order valence-electron chi connectivity index (χ1n) is 9.47. The fourth-order valence-electron chi connectivity index (χ4n) is 3.94. The maximum atomic E-state index is 12.7. The van der Waals surface area contributed by atoms with Crippen LogP contribution in [0.2, 0.25) is 0 Å². The summed E-state index contributed by atoms with van der Waals surface area (Å²) in [6, 6.07) is 7.05. The molecule has 1 saturated heterocycles. The highest BCUT2D eigenvalue weighted by Crippen LogP contribution is 2.28. The number of likely N-dealkylation sites (tertiary alicyclic amines) is 1. The number of nitrogens with zero attached hydrogens (tertiary/aromatic N) is 3. The zero-order valence-electron chi connectivity index (χ0n) is 16.2. The highest BCUT2D eigenvalue weighted by molar-refractivity contribution is 5.87. The molecule has 27 heavy (non-hydrogen) atoms. The molecule has 3 rings (SSSR count). The lowest BCUT2D eigenvalue weighted by Crippen LogP contribution is -2.39. The molecule has 6 nitrogen and oxygen atoms in total. The minimum Gasteiger partial charge on any atom is -0.478 e. The van der Waals surface area contributed by atoms with E-state index in [1.807, 2.05) is 42.6 Å². The number of hydrogen-bond acceptors (Lipinski definition) is 3. The van der Waals surface area contributed by atoms with Gasteiger partial charge in [0.05, 0.1) is 11.3 Å². The zero-order chi connectivity index (χ0) is 19.6. The van der Waals surface area contributed by atoms with E-state index in [-0.39, 0.29) is 11.8 Å². The van der Waals surface area contributed by atoms with Gasteiger partial charge in [-0.15, -0.1) is 0 Å². The Morgan fingerprint density at radius 1 is 1.22 bits per heavy atom. The first-order chi connectivity index (χ1) is 12.9. The number of carboxylic acid groups (broad SMARTS) is 1. The van der Waals surface area contributed by atoms with E-state index in [2.05, 4.69) is 5.10 Å². The maximum absolute atomic E-state index is 12.7. The first kappa shape index (κ1) is 19.1. The molecule has 1 N–H and O–H groups in total. The average molecular weight is 369 g/mol. The van der Waals surface area contributed by atoms with Crippen LogP contribution >= 0.6 is 0 Å². The van der Waals surface area contributed by atoms with Gasteiger partial charge in [-0.3, -0.25) is 9.48 Å². The number of aromatic nitrogens is 2. The number of carboxylic acids is 1. The number of aromatic carboxylic acids is 1. The summed E-state index contributed by atoms with van der Waals surface area (Å²) < 4.78 is 1.87. The molecule has 2 aromatic rings. The first-order valence-corrected chi connectivity index (χ1v) is 9.47. The van der Waals surface area contributed by atoms with Crippen molar-refractivity contribution in [3.05, 3.63) is 52.3 Å². The smallest absolute Gasteiger partial charge is 0.335 e. The lowest BCUT2D eigenvalue weighted by molar-refractivity contribution is -0.132. The summed E-state index contributed by atoms with van der Waals surface area (Å²) in [5, 5.41) is 13.5. The molecular weight excluding hydrogens is 342 g/mol. The van der Waals surface area contributed by atoms with Crippen molar-refractivity contribution in [1.82, 2.24) is 14.7 Å². The molecule has 1 aromatic heterocycles. The number of carbonyl (C=O) groups is 2. The molecule has 0 saturated carbocycles. The number of carbonyl (C=O) groups excluding carboxylic acids is 1. The van der Waals surface area contributed by atoms with Crippen LogP contribution < -0.4 is 0 Å². The topological polar surface area (TPSA) is 75.4 Å². The third kappa shape index (κ3) is 4.21. The predicted octanol–water partition coefficient (Wildman–Crippen LogP) is 3.07. The van der Waals surface area contributed by atoms with E-state index in [4.69, 9.17) is 5.11 Å². The third-order valence-corrected chi connectivity index (χ3v) is 5.65. The minimum absolute atomic E-state index is 0.185. The van der Waals surface area contributed by atoms with Crippen molar-refractivity contribution in [1.29, 1.82) is 0 Å². The van der Waals surface area contributed by atoms with Crippen LogP contribution in [0.5, 0.6) is 0 Å². The van der Waals surface area contributed by atoms with Gasteiger partial charge in [0.2, 0.25) is 5.91 Å². The molecule has 0 spiro atoms. The van der Waals surface area contributed by atoms with Crippen LogP contribution in [-0.4, -0.2) is 44.8 Å². The molecule has 1 aliphatic heterocycles. The van der Waals surface area contributed by atoms with Gasteiger partial charge in [0.15, 0.2) is 0 Å². The molecule has 1 fully saturated rings. The van der Waals surface area contributed by atoms with Gasteiger partial charge < -0.3 is 10.0 Å². The van der Waals surface area contributed by atoms with Crippen molar-refractivity contribution in [2.45, 2.75) is 45.4 Å². The predicted molar refractivity (Wildman–Crippen MR) is 103 cm³/mol. The van der Waals surface area contributed by atoms with E-state index in [0.29, 0.717) is 18.5 Å². The molecule has 0 radical (unpaired) electrons. The summed E-state index contributed by atoms with van der Waals surface area (Å²) in [5.41, 5.74) is 4.69. The Morgan fingerprint density at radius 3 is 2.52 bits per heavy atom. The lowest BCUT2D eigenvalue weighted by atomic mass is 9.90. The number of amides is 1. The van der Waals surface area contributed by atoms with Crippen LogP contribution in [0.1, 0.15) is 58.1 Å². The maximum Gasteiger partial charge on any atom is 0.335 e. The van der Waals surface area contributed by atoms with Crippen molar-refractivity contribution in [2.24, 2.45) is 7.05 Å². The normalized spacial score (nSPS) is 17.1. The van der Waals surface area contributed by atoms with Crippen molar-refractivity contribution in [3.8, 4) is 0 Å². The minimum atomic E-state index is -0.914. The number of piperidine rings is 1. The molecule has 1 amide bonds. The average Bonchev–Trinajstić information content (AvgIpc) is 2.91. The molecule has 0 unspecified atom stereocenters. The summed E-state index contributed by atoms with van der Waals surface area (Å²) in [4.78, 5) is 25.7. The summed E-state index contributed by atoms with van der Waals surface area (Å²) in [5.74, 6) is -0.458. The Kier molecular flexibility index (Phi) is 5.63. The van der Waals surface area contributed by atoms with Crippen molar-refractivity contribution < 1.29 is 14.7 Å². The van der Waals surface area contributed by atoms with Gasteiger partial charge in [0.25, 0.3) is 0 Å². The van der Waals surface area contributed by atoms with Gasteiger partial charge in [0, 0.05) is 38.2 Å². The molecule has 0 bridgehead atoms. The molecule has 6 heteroatoms. The molecule has 2 heterocycles. The number of benzene rings is 1. The van der Waals surface area contributed by atoms with E-state index in [0.717, 1.165) is 42.8 Å². The Hall–Kier alpha value is -2.63. The Bertz CT molecular complexity index is 839. The number of hydrogen-bond donors (Lipinski definition) is 1. The summed E-state index contributed by atoms with van der Waals surface area (Å²) in [6.07, 6.45) is 3.22. The second kappa shape index (κ2) is 7.94. The largest absolute Gasteiger partial charge is 0.478 e. The van der Waals surface area contributed by atoms with E-state index in [9.17, 15) is 9.59 Å². The molecule has 1 aliphatic rings. The van der Waals surface area contributed by atoms with Gasteiger partial charge in [-0.05, 0) is 56.4 Å². The standard InChI is InChI=1S/C21H27N3O3/c1-14-19(15(2)23(3)22-14)10-11-20(25)24-12-4-5-18(13-24)16-6-8-17(9-7-16)21(26)27/h6-9,18H,4-5,10-13H2,1-3H3,(H,26,27)/t18-/m1/s1. The van der Waals surface area contributed by atoms with Crippen LogP contribution in [0.4, 0.5) is 0 Å². The van der Waals surface area contributed by atoms with Gasteiger partial charge in [0.1, 0.15) is 0 Å². The van der Waals surface area contributed by atoms with E-state index >= 15 is 0 Å². The van der Waals surface area contributed by atoms with E-state index in [1.54, 1.807) is 12.1 Å². The van der Waals surface area contributed by atoms with Crippen LogP contribution in [0.15, 0.2) is 24.3 Å². The van der Waals surface area contributed by atoms with Crippen LogP contribution in [-0.2, 0) is 18.3 Å². The Balaban J connectivity index is 1.61. The SMILES string of the molecule is Cc1nn(C)c(C)c1CCC(=O)N1CCC[C@@H](c2ccc(C(=O)O)cc2)C1. The van der Waals surface area contributed by atoms with Crippen molar-refractivity contribution in [3.63, 3.8) is 0 Å². The number of rotatable bonds is 5. The Labute approximate surface area is 159 Å². The van der Waals surface area contributed by atoms with E-state index in [1.165, 1.54) is 5.56 Å². The molecule has 1 aromatic carbocycles. The summed E-state index contributed by atoms with van der Waals surface area (Å²) >= 11 is 0. The fraction of sp³-hybridized carbons (Fsp3) is 0.476. The lowest BCUT2D eigenvalue weighted by Gasteiger charge is -2.33. The number of aryl methyl sites for hydroxylation is 2. The Morgan fingerprint density at radius 2 is 1.93 bits per heavy atom.